The number of carbonyl (C=O) groups excluding carboxylic acids is 2. The molecule has 1 aromatic carbocycles. The fourth-order valence-electron chi connectivity index (χ4n) is 2.83. The van der Waals surface area contributed by atoms with Gasteiger partial charge in [-0.1, -0.05) is 85.9 Å². The van der Waals surface area contributed by atoms with Crippen molar-refractivity contribution < 1.29 is 9.59 Å². The summed E-state index contributed by atoms with van der Waals surface area (Å²) in [5.41, 5.74) is 6.21. The molecule has 0 aliphatic heterocycles. The summed E-state index contributed by atoms with van der Waals surface area (Å²) in [5, 5.41) is 2.78. The van der Waals surface area contributed by atoms with Gasteiger partial charge in [0, 0.05) is 17.7 Å². The van der Waals surface area contributed by atoms with Crippen molar-refractivity contribution in [3.8, 4) is 0 Å². The van der Waals surface area contributed by atoms with Crippen LogP contribution in [0.3, 0.4) is 0 Å². The van der Waals surface area contributed by atoms with Crippen molar-refractivity contribution in [2.75, 3.05) is 5.32 Å². The van der Waals surface area contributed by atoms with Crippen LogP contribution in [0, 0.1) is 0 Å². The molecule has 0 saturated carbocycles. The molecule has 1 aromatic rings. The SMILES string of the molecule is CC/C=C\C/C=C\C/C=C\C/C=C\C/C=C\C/C=C\CCC(=O)Nc1cccc(C(N)=O)c1. The predicted octanol–water partition coefficient (Wildman–Crippen LogP) is 7.20. The molecule has 33 heavy (non-hydrogen) atoms. The second kappa shape index (κ2) is 19.3. The van der Waals surface area contributed by atoms with Gasteiger partial charge in [-0.15, -0.1) is 0 Å². The summed E-state index contributed by atoms with van der Waals surface area (Å²) in [7, 11) is 0. The summed E-state index contributed by atoms with van der Waals surface area (Å²) < 4.78 is 0. The molecule has 0 radical (unpaired) electrons. The van der Waals surface area contributed by atoms with Gasteiger partial charge in [-0.2, -0.15) is 0 Å². The standard InChI is InChI=1S/C29H38N2O2/c1-2-3-4-5-6-7-8-9-10-11-12-13-14-15-16-17-18-19-20-24-28(32)31-27-23-21-22-26(25-27)29(30)33/h3-4,6-7,9-10,12-13,15-16,18-19,21-23,25H,2,5,8,11,14,17,20,24H2,1H3,(H2,30,33)(H,31,32)/b4-3-,7-6-,10-9-,13-12-,16-15-,19-18-. The maximum absolute atomic E-state index is 12.0. The van der Waals surface area contributed by atoms with Gasteiger partial charge in [-0.05, 0) is 63.1 Å². The van der Waals surface area contributed by atoms with E-state index in [1.165, 1.54) is 0 Å². The Morgan fingerprint density at radius 1 is 0.758 bits per heavy atom. The van der Waals surface area contributed by atoms with Crippen LogP contribution in [0.25, 0.3) is 0 Å². The van der Waals surface area contributed by atoms with Crippen molar-refractivity contribution in [2.24, 2.45) is 5.73 Å². The highest BCUT2D eigenvalue weighted by molar-refractivity contribution is 5.96. The summed E-state index contributed by atoms with van der Waals surface area (Å²) in [6.45, 7) is 2.15. The van der Waals surface area contributed by atoms with Gasteiger partial charge in [0.2, 0.25) is 11.8 Å². The average Bonchev–Trinajstić information content (AvgIpc) is 2.80. The molecule has 0 unspecified atom stereocenters. The first-order chi connectivity index (χ1) is 16.1. The van der Waals surface area contributed by atoms with E-state index in [2.05, 4.69) is 79.1 Å². The lowest BCUT2D eigenvalue weighted by Gasteiger charge is -2.05. The van der Waals surface area contributed by atoms with Gasteiger partial charge >= 0.3 is 0 Å². The van der Waals surface area contributed by atoms with Gasteiger partial charge in [0.25, 0.3) is 0 Å². The lowest BCUT2D eigenvalue weighted by atomic mass is 10.2. The molecule has 0 aliphatic carbocycles. The van der Waals surface area contributed by atoms with E-state index in [0.29, 0.717) is 24.1 Å². The van der Waals surface area contributed by atoms with Crippen LogP contribution in [0.2, 0.25) is 0 Å². The number of benzene rings is 1. The highest BCUT2D eigenvalue weighted by atomic mass is 16.2. The Balaban J connectivity index is 2.07. The number of rotatable bonds is 16. The fraction of sp³-hybridized carbons (Fsp3) is 0.310. The molecule has 0 spiro atoms. The van der Waals surface area contributed by atoms with E-state index in [9.17, 15) is 9.59 Å². The minimum atomic E-state index is -0.510. The van der Waals surface area contributed by atoms with Gasteiger partial charge < -0.3 is 11.1 Å². The number of carbonyl (C=O) groups is 2. The van der Waals surface area contributed by atoms with Crippen molar-refractivity contribution in [3.63, 3.8) is 0 Å². The predicted molar refractivity (Wildman–Crippen MR) is 141 cm³/mol. The number of nitrogens with one attached hydrogen (secondary N) is 1. The quantitative estimate of drug-likeness (QED) is 0.263. The van der Waals surface area contributed by atoms with Crippen molar-refractivity contribution in [1.82, 2.24) is 0 Å². The number of anilines is 1. The molecular weight excluding hydrogens is 408 g/mol. The Morgan fingerprint density at radius 2 is 1.24 bits per heavy atom. The number of hydrogen-bond donors (Lipinski definition) is 2. The Morgan fingerprint density at radius 3 is 1.73 bits per heavy atom. The monoisotopic (exact) mass is 446 g/mol. The number of primary amides is 1. The maximum atomic E-state index is 12.0. The van der Waals surface area contributed by atoms with Crippen molar-refractivity contribution in [2.45, 2.75) is 58.3 Å². The zero-order chi connectivity index (χ0) is 24.0. The summed E-state index contributed by atoms with van der Waals surface area (Å²) >= 11 is 0. The highest BCUT2D eigenvalue weighted by Crippen LogP contribution is 2.11. The van der Waals surface area contributed by atoms with Gasteiger partial charge in [-0.25, -0.2) is 0 Å². The Bertz CT molecular complexity index is 873. The molecule has 0 aliphatic rings. The zero-order valence-electron chi connectivity index (χ0n) is 19.8. The molecule has 2 amide bonds. The van der Waals surface area contributed by atoms with Crippen molar-refractivity contribution >= 4 is 17.5 Å². The van der Waals surface area contributed by atoms with Gasteiger partial charge in [0.15, 0.2) is 0 Å². The molecular formula is C29H38N2O2. The number of nitrogens with two attached hydrogens (primary N) is 1. The molecule has 1 rings (SSSR count). The minimum absolute atomic E-state index is 0.0869. The second-order valence-corrected chi connectivity index (χ2v) is 7.45. The van der Waals surface area contributed by atoms with Crippen LogP contribution in [0.1, 0.15) is 68.6 Å². The Labute approximate surface area is 199 Å². The largest absolute Gasteiger partial charge is 0.366 e. The Kier molecular flexibility index (Phi) is 16.2. The van der Waals surface area contributed by atoms with E-state index < -0.39 is 5.91 Å². The molecule has 0 heterocycles. The molecule has 3 N–H and O–H groups in total. The van der Waals surface area contributed by atoms with Crippen LogP contribution in [0.4, 0.5) is 5.69 Å². The topological polar surface area (TPSA) is 72.2 Å². The van der Waals surface area contributed by atoms with E-state index >= 15 is 0 Å². The Hall–Kier alpha value is -3.40. The summed E-state index contributed by atoms with van der Waals surface area (Å²) in [6.07, 6.45) is 32.8. The molecule has 4 nitrogen and oxygen atoms in total. The van der Waals surface area contributed by atoms with Gasteiger partial charge in [0.1, 0.15) is 0 Å². The van der Waals surface area contributed by atoms with E-state index in [1.807, 2.05) is 6.08 Å². The van der Waals surface area contributed by atoms with E-state index in [1.54, 1.807) is 24.3 Å². The molecule has 176 valence electrons. The number of hydrogen-bond acceptors (Lipinski definition) is 2. The zero-order valence-corrected chi connectivity index (χ0v) is 19.8. The highest BCUT2D eigenvalue weighted by Gasteiger charge is 2.04. The molecule has 0 saturated heterocycles. The van der Waals surface area contributed by atoms with Crippen LogP contribution in [0.15, 0.2) is 97.2 Å². The third kappa shape index (κ3) is 16.0. The van der Waals surface area contributed by atoms with Gasteiger partial charge in [-0.3, -0.25) is 9.59 Å². The molecule has 0 aromatic heterocycles. The summed E-state index contributed by atoms with van der Waals surface area (Å²) in [4.78, 5) is 23.2. The first-order valence-electron chi connectivity index (χ1n) is 11.7. The molecule has 0 fully saturated rings. The average molecular weight is 447 g/mol. The lowest BCUT2D eigenvalue weighted by Crippen LogP contribution is -2.13. The molecule has 0 bridgehead atoms. The third-order valence-electron chi connectivity index (χ3n) is 4.57. The van der Waals surface area contributed by atoms with E-state index in [4.69, 9.17) is 5.73 Å². The maximum Gasteiger partial charge on any atom is 0.248 e. The summed E-state index contributed by atoms with van der Waals surface area (Å²) in [6, 6.07) is 6.63. The lowest BCUT2D eigenvalue weighted by molar-refractivity contribution is -0.116. The van der Waals surface area contributed by atoms with Crippen LogP contribution in [0.5, 0.6) is 0 Å². The van der Waals surface area contributed by atoms with Crippen LogP contribution >= 0.6 is 0 Å². The molecule has 0 atom stereocenters. The first-order valence-corrected chi connectivity index (χ1v) is 11.7. The first kappa shape index (κ1) is 27.6. The smallest absolute Gasteiger partial charge is 0.248 e. The number of allylic oxidation sites excluding steroid dienone is 12. The van der Waals surface area contributed by atoms with Crippen LogP contribution < -0.4 is 11.1 Å². The van der Waals surface area contributed by atoms with Gasteiger partial charge in [0.05, 0.1) is 0 Å². The fourth-order valence-corrected chi connectivity index (χ4v) is 2.83. The van der Waals surface area contributed by atoms with Crippen LogP contribution in [-0.4, -0.2) is 11.8 Å². The third-order valence-corrected chi connectivity index (χ3v) is 4.57. The van der Waals surface area contributed by atoms with E-state index in [0.717, 1.165) is 38.5 Å². The molecule has 4 heteroatoms. The normalized spacial score (nSPS) is 12.4. The van der Waals surface area contributed by atoms with Crippen molar-refractivity contribution in [1.29, 1.82) is 0 Å². The number of amides is 2. The van der Waals surface area contributed by atoms with Crippen LogP contribution in [-0.2, 0) is 4.79 Å². The summed E-state index contributed by atoms with van der Waals surface area (Å²) in [5.74, 6) is -0.597. The van der Waals surface area contributed by atoms with Crippen molar-refractivity contribution in [3.05, 3.63) is 103 Å². The minimum Gasteiger partial charge on any atom is -0.366 e. The second-order valence-electron chi connectivity index (χ2n) is 7.45. The van der Waals surface area contributed by atoms with E-state index in [-0.39, 0.29) is 5.91 Å².